The molecule has 4 rings (SSSR count). The monoisotopic (exact) mass is 329 g/mol. The van der Waals surface area contributed by atoms with Gasteiger partial charge >= 0.3 is 0 Å². The summed E-state index contributed by atoms with van der Waals surface area (Å²) in [6.45, 7) is 0. The molecule has 3 aromatic rings. The van der Waals surface area contributed by atoms with E-state index in [-0.39, 0.29) is 6.04 Å². The number of hydrogen-bond acceptors (Lipinski definition) is 4. The number of benzene rings is 1. The highest BCUT2D eigenvalue weighted by molar-refractivity contribution is 9.10. The first-order chi connectivity index (χ1) is 9.83. The molecule has 1 unspecified atom stereocenters. The Morgan fingerprint density at radius 1 is 1.25 bits per heavy atom. The smallest absolute Gasteiger partial charge is 0.227 e. The van der Waals surface area contributed by atoms with Crippen molar-refractivity contribution in [2.75, 3.05) is 5.32 Å². The Bertz CT molecular complexity index is 782. The molecule has 0 spiro atoms. The number of nitrogens with one attached hydrogen (secondary N) is 1. The third-order valence-electron chi connectivity index (χ3n) is 3.70. The van der Waals surface area contributed by atoms with E-state index in [4.69, 9.17) is 0 Å². The van der Waals surface area contributed by atoms with Gasteiger partial charge < -0.3 is 5.32 Å². The lowest BCUT2D eigenvalue weighted by atomic mass is 10.1. The maximum absolute atomic E-state index is 4.31. The molecule has 0 bridgehead atoms. The molecule has 20 heavy (non-hydrogen) atoms. The van der Waals surface area contributed by atoms with Gasteiger partial charge in [0, 0.05) is 0 Å². The van der Waals surface area contributed by atoms with Gasteiger partial charge in [-0.25, -0.2) is 9.97 Å². The van der Waals surface area contributed by atoms with E-state index < -0.39 is 0 Å². The van der Waals surface area contributed by atoms with Crippen molar-refractivity contribution in [1.82, 2.24) is 19.6 Å². The number of aryl methyl sites for hydroxylation is 1. The highest BCUT2D eigenvalue weighted by Gasteiger charge is 2.23. The summed E-state index contributed by atoms with van der Waals surface area (Å²) in [5.41, 5.74) is 3.54. The lowest BCUT2D eigenvalue weighted by Crippen LogP contribution is -2.12. The average Bonchev–Trinajstić information content (AvgIpc) is 3.05. The van der Waals surface area contributed by atoms with Crippen molar-refractivity contribution < 1.29 is 0 Å². The van der Waals surface area contributed by atoms with Crippen molar-refractivity contribution in [2.24, 2.45) is 0 Å². The van der Waals surface area contributed by atoms with Gasteiger partial charge in [-0.1, -0.05) is 24.3 Å². The second-order valence-corrected chi connectivity index (χ2v) is 5.71. The van der Waals surface area contributed by atoms with Crippen molar-refractivity contribution in [2.45, 2.75) is 18.9 Å². The fraction of sp³-hybridized carbons (Fsp3) is 0.214. The first-order valence-electron chi connectivity index (χ1n) is 6.51. The van der Waals surface area contributed by atoms with E-state index >= 15 is 0 Å². The third-order valence-corrected chi connectivity index (χ3v) is 4.26. The van der Waals surface area contributed by atoms with Crippen molar-refractivity contribution in [3.63, 3.8) is 0 Å². The Morgan fingerprint density at radius 3 is 3.10 bits per heavy atom. The van der Waals surface area contributed by atoms with Crippen LogP contribution in [0.15, 0.2) is 41.3 Å². The Labute approximate surface area is 124 Å². The average molecular weight is 330 g/mol. The van der Waals surface area contributed by atoms with Crippen LogP contribution in [0.25, 0.3) is 5.65 Å². The summed E-state index contributed by atoms with van der Waals surface area (Å²) < 4.78 is 2.60. The lowest BCUT2D eigenvalue weighted by molar-refractivity contribution is 0.736. The van der Waals surface area contributed by atoms with Crippen molar-refractivity contribution >= 4 is 27.5 Å². The Hall–Kier alpha value is -1.95. The van der Waals surface area contributed by atoms with Gasteiger partial charge in [-0.2, -0.15) is 9.61 Å². The first-order valence-corrected chi connectivity index (χ1v) is 7.31. The summed E-state index contributed by atoms with van der Waals surface area (Å²) in [5, 5.41) is 7.78. The molecule has 0 aliphatic heterocycles. The number of rotatable bonds is 2. The summed E-state index contributed by atoms with van der Waals surface area (Å²) in [6.07, 6.45) is 5.47. The molecule has 0 fully saturated rings. The topological polar surface area (TPSA) is 55.1 Å². The van der Waals surface area contributed by atoms with Crippen LogP contribution in [0.4, 0.5) is 5.95 Å². The van der Waals surface area contributed by atoms with Crippen molar-refractivity contribution in [3.8, 4) is 0 Å². The van der Waals surface area contributed by atoms with Crippen LogP contribution >= 0.6 is 15.9 Å². The van der Waals surface area contributed by atoms with Gasteiger partial charge in [0.25, 0.3) is 0 Å². The molecule has 5 nitrogen and oxygen atoms in total. The number of nitrogens with zero attached hydrogens (tertiary/aromatic N) is 4. The summed E-state index contributed by atoms with van der Waals surface area (Å²) in [6, 6.07) is 8.83. The van der Waals surface area contributed by atoms with Gasteiger partial charge in [0.05, 0.1) is 16.7 Å². The van der Waals surface area contributed by atoms with Crippen LogP contribution in [0, 0.1) is 0 Å². The summed E-state index contributed by atoms with van der Waals surface area (Å²) in [4.78, 5) is 8.54. The number of halogens is 1. The molecule has 1 aromatic carbocycles. The minimum Gasteiger partial charge on any atom is -0.347 e. The SMILES string of the molecule is Brc1cnn2c(NC3CCc4ccccc43)ncnc12. The predicted octanol–water partition coefficient (Wildman–Crippen LogP) is 2.99. The first kappa shape index (κ1) is 11.8. The second-order valence-electron chi connectivity index (χ2n) is 4.86. The standard InChI is InChI=1S/C14H12BrN5/c15-11-7-18-20-13(11)16-8-17-14(20)19-12-6-5-9-3-1-2-4-10(9)12/h1-4,7-8,12H,5-6H2,(H,16,17,19). The fourth-order valence-electron chi connectivity index (χ4n) is 2.75. The minimum atomic E-state index is 0.285. The molecule has 0 saturated heterocycles. The largest absolute Gasteiger partial charge is 0.347 e. The molecule has 2 aromatic heterocycles. The number of fused-ring (bicyclic) bond motifs is 2. The van der Waals surface area contributed by atoms with Gasteiger partial charge in [0.15, 0.2) is 5.65 Å². The molecule has 1 aliphatic carbocycles. The highest BCUT2D eigenvalue weighted by Crippen LogP contribution is 2.33. The molecule has 1 atom stereocenters. The van der Waals surface area contributed by atoms with Crippen LogP contribution in [-0.2, 0) is 6.42 Å². The van der Waals surface area contributed by atoms with Gasteiger partial charge in [-0.05, 0) is 39.9 Å². The van der Waals surface area contributed by atoms with E-state index in [1.807, 2.05) is 0 Å². The molecule has 0 radical (unpaired) electrons. The molecule has 0 saturated carbocycles. The van der Waals surface area contributed by atoms with E-state index in [1.165, 1.54) is 11.1 Å². The summed E-state index contributed by atoms with van der Waals surface area (Å²) in [7, 11) is 0. The van der Waals surface area contributed by atoms with Crippen LogP contribution in [0.1, 0.15) is 23.6 Å². The van der Waals surface area contributed by atoms with E-state index in [2.05, 4.69) is 60.6 Å². The quantitative estimate of drug-likeness (QED) is 0.785. The minimum absolute atomic E-state index is 0.285. The van der Waals surface area contributed by atoms with Gasteiger partial charge in [-0.3, -0.25) is 0 Å². The van der Waals surface area contributed by atoms with Crippen molar-refractivity contribution in [3.05, 3.63) is 52.4 Å². The zero-order valence-corrected chi connectivity index (χ0v) is 12.2. The molecule has 1 aliphatic rings. The van der Waals surface area contributed by atoms with Crippen LogP contribution < -0.4 is 5.32 Å². The number of hydrogen-bond donors (Lipinski definition) is 1. The Morgan fingerprint density at radius 2 is 2.15 bits per heavy atom. The fourth-order valence-corrected chi connectivity index (χ4v) is 3.11. The third kappa shape index (κ3) is 1.79. The number of aromatic nitrogens is 4. The molecular weight excluding hydrogens is 318 g/mol. The van der Waals surface area contributed by atoms with E-state index in [1.54, 1.807) is 17.0 Å². The predicted molar refractivity (Wildman–Crippen MR) is 79.6 cm³/mol. The molecule has 2 heterocycles. The second kappa shape index (κ2) is 4.56. The van der Waals surface area contributed by atoms with Gasteiger partial charge in [0.1, 0.15) is 6.33 Å². The molecule has 0 amide bonds. The molecule has 100 valence electrons. The zero-order valence-electron chi connectivity index (χ0n) is 10.6. The zero-order chi connectivity index (χ0) is 13.5. The summed E-state index contributed by atoms with van der Waals surface area (Å²) in [5.74, 6) is 0.724. The van der Waals surface area contributed by atoms with Crippen LogP contribution in [-0.4, -0.2) is 19.6 Å². The van der Waals surface area contributed by atoms with Crippen LogP contribution in [0.5, 0.6) is 0 Å². The molecule has 6 heteroatoms. The Kier molecular flexibility index (Phi) is 2.70. The van der Waals surface area contributed by atoms with Gasteiger partial charge in [-0.15, -0.1) is 0 Å². The normalized spacial score (nSPS) is 17.4. The van der Waals surface area contributed by atoms with E-state index in [9.17, 15) is 0 Å². The summed E-state index contributed by atoms with van der Waals surface area (Å²) >= 11 is 3.44. The Balaban J connectivity index is 1.72. The van der Waals surface area contributed by atoms with Crippen molar-refractivity contribution in [1.29, 1.82) is 0 Å². The van der Waals surface area contributed by atoms with E-state index in [0.717, 1.165) is 28.9 Å². The number of anilines is 1. The van der Waals surface area contributed by atoms with Crippen LogP contribution in [0.2, 0.25) is 0 Å². The molecular formula is C14H12BrN5. The van der Waals surface area contributed by atoms with Crippen LogP contribution in [0.3, 0.4) is 0 Å². The maximum Gasteiger partial charge on any atom is 0.227 e. The maximum atomic E-state index is 4.31. The van der Waals surface area contributed by atoms with Gasteiger partial charge in [0.2, 0.25) is 5.95 Å². The lowest BCUT2D eigenvalue weighted by Gasteiger charge is -2.14. The highest BCUT2D eigenvalue weighted by atomic mass is 79.9. The van der Waals surface area contributed by atoms with E-state index in [0.29, 0.717) is 0 Å². The molecule has 1 N–H and O–H groups in total.